The molecular formula is C34H43N3O. The molecule has 0 radical (unpaired) electrons. The summed E-state index contributed by atoms with van der Waals surface area (Å²) < 4.78 is 5.79. The average Bonchev–Trinajstić information content (AvgIpc) is 3.45. The number of hydrogen-bond donors (Lipinski definition) is 1. The first kappa shape index (κ1) is 27.8. The molecule has 0 saturated carbocycles. The van der Waals surface area contributed by atoms with E-state index in [9.17, 15) is 0 Å². The van der Waals surface area contributed by atoms with Crippen LogP contribution in [-0.4, -0.2) is 10.1 Å². The molecule has 4 nitrogen and oxygen atoms in total. The van der Waals surface area contributed by atoms with Crippen LogP contribution in [0.3, 0.4) is 0 Å². The van der Waals surface area contributed by atoms with Crippen molar-refractivity contribution in [2.45, 2.75) is 90.5 Å². The highest BCUT2D eigenvalue weighted by atomic mass is 16.5. The maximum Gasteiger partial charge on any atom is 0.258 e. The van der Waals surface area contributed by atoms with E-state index in [0.29, 0.717) is 12.4 Å². The highest BCUT2D eigenvalue weighted by molar-refractivity contribution is 5.66. The molecule has 3 aromatic carbocycles. The third kappa shape index (κ3) is 7.41. The first-order chi connectivity index (χ1) is 18.7. The molecule has 0 aliphatic carbocycles. The smallest absolute Gasteiger partial charge is 0.258 e. The number of aryl methyl sites for hydroxylation is 1. The van der Waals surface area contributed by atoms with E-state index in [4.69, 9.17) is 15.2 Å². The average molecular weight is 510 g/mol. The van der Waals surface area contributed by atoms with Gasteiger partial charge in [-0.25, -0.2) is 0 Å². The fraction of sp³-hybridized carbons (Fsp3) is 0.412. The number of aromatic nitrogens is 2. The van der Waals surface area contributed by atoms with Crippen molar-refractivity contribution >= 4 is 0 Å². The van der Waals surface area contributed by atoms with Gasteiger partial charge in [-0.2, -0.15) is 4.98 Å². The van der Waals surface area contributed by atoms with E-state index in [1.165, 1.54) is 73.6 Å². The van der Waals surface area contributed by atoms with E-state index in [1.807, 2.05) is 12.1 Å². The summed E-state index contributed by atoms with van der Waals surface area (Å²) in [5, 5.41) is 4.32. The summed E-state index contributed by atoms with van der Waals surface area (Å²) >= 11 is 0. The monoisotopic (exact) mass is 509 g/mol. The van der Waals surface area contributed by atoms with Crippen LogP contribution in [0.15, 0.2) is 77.3 Å². The maximum atomic E-state index is 6.19. The molecule has 4 heteroatoms. The molecule has 2 N–H and O–H groups in total. The maximum absolute atomic E-state index is 6.19. The molecule has 0 bridgehead atoms. The predicted molar refractivity (Wildman–Crippen MR) is 158 cm³/mol. The van der Waals surface area contributed by atoms with Gasteiger partial charge >= 0.3 is 0 Å². The topological polar surface area (TPSA) is 64.9 Å². The van der Waals surface area contributed by atoms with Crippen LogP contribution in [0, 0.1) is 0 Å². The largest absolute Gasteiger partial charge is 0.334 e. The van der Waals surface area contributed by atoms with Crippen molar-refractivity contribution < 1.29 is 4.52 Å². The molecule has 1 aromatic heterocycles. The molecule has 200 valence electrons. The molecule has 4 aromatic rings. The SMILES string of the molecule is CCCCCCCCCCCc1noc(-c2cccc(CN)c2C(C)c2ccc(-c3ccccc3)cc2)n1. The minimum Gasteiger partial charge on any atom is -0.334 e. The van der Waals surface area contributed by atoms with E-state index < -0.39 is 0 Å². The zero-order valence-corrected chi connectivity index (χ0v) is 23.2. The van der Waals surface area contributed by atoms with Gasteiger partial charge in [0.05, 0.1) is 0 Å². The molecule has 0 fully saturated rings. The Labute approximate surface area is 228 Å². The van der Waals surface area contributed by atoms with Gasteiger partial charge < -0.3 is 10.3 Å². The first-order valence-corrected chi connectivity index (χ1v) is 14.5. The van der Waals surface area contributed by atoms with Crippen molar-refractivity contribution in [3.05, 3.63) is 95.3 Å². The number of nitrogens with two attached hydrogens (primary N) is 1. The van der Waals surface area contributed by atoms with Gasteiger partial charge in [-0.3, -0.25) is 0 Å². The number of hydrogen-bond acceptors (Lipinski definition) is 4. The Hall–Kier alpha value is -3.24. The van der Waals surface area contributed by atoms with E-state index >= 15 is 0 Å². The van der Waals surface area contributed by atoms with Gasteiger partial charge in [-0.15, -0.1) is 0 Å². The summed E-state index contributed by atoms with van der Waals surface area (Å²) in [4.78, 5) is 4.80. The van der Waals surface area contributed by atoms with Crippen LogP contribution in [0.4, 0.5) is 0 Å². The number of benzene rings is 3. The molecular weight excluding hydrogens is 466 g/mol. The molecule has 1 heterocycles. The fourth-order valence-electron chi connectivity index (χ4n) is 5.31. The normalized spacial score (nSPS) is 12.1. The van der Waals surface area contributed by atoms with Crippen LogP contribution in [0.1, 0.15) is 100 Å². The van der Waals surface area contributed by atoms with Crippen LogP contribution in [0.25, 0.3) is 22.6 Å². The third-order valence-electron chi connectivity index (χ3n) is 7.57. The van der Waals surface area contributed by atoms with E-state index in [-0.39, 0.29) is 5.92 Å². The predicted octanol–water partition coefficient (Wildman–Crippen LogP) is 9.09. The molecule has 4 rings (SSSR count). The summed E-state index contributed by atoms with van der Waals surface area (Å²) in [6.07, 6.45) is 12.6. The second-order valence-electron chi connectivity index (χ2n) is 10.4. The van der Waals surface area contributed by atoms with Gasteiger partial charge in [0, 0.05) is 24.4 Å². The zero-order valence-electron chi connectivity index (χ0n) is 23.2. The lowest BCUT2D eigenvalue weighted by molar-refractivity contribution is 0.420. The van der Waals surface area contributed by atoms with Gasteiger partial charge in [-0.1, -0.05) is 137 Å². The minimum absolute atomic E-state index is 0.141. The molecule has 0 amide bonds. The van der Waals surface area contributed by atoms with Gasteiger partial charge in [0.2, 0.25) is 0 Å². The van der Waals surface area contributed by atoms with E-state index in [0.717, 1.165) is 29.8 Å². The fourth-order valence-corrected chi connectivity index (χ4v) is 5.31. The summed E-state index contributed by atoms with van der Waals surface area (Å²) in [5.74, 6) is 1.53. The van der Waals surface area contributed by atoms with Crippen molar-refractivity contribution in [3.8, 4) is 22.6 Å². The van der Waals surface area contributed by atoms with Crippen LogP contribution < -0.4 is 5.73 Å². The quantitative estimate of drug-likeness (QED) is 0.162. The second-order valence-corrected chi connectivity index (χ2v) is 10.4. The van der Waals surface area contributed by atoms with Crippen molar-refractivity contribution in [1.29, 1.82) is 0 Å². The Morgan fingerprint density at radius 2 is 1.39 bits per heavy atom. The van der Waals surface area contributed by atoms with Crippen LogP contribution in [0.5, 0.6) is 0 Å². The summed E-state index contributed by atoms with van der Waals surface area (Å²) in [5.41, 5.74) is 13.1. The molecule has 0 aliphatic heterocycles. The summed E-state index contributed by atoms with van der Waals surface area (Å²) in [6, 6.07) is 25.5. The highest BCUT2D eigenvalue weighted by Crippen LogP contribution is 2.36. The summed E-state index contributed by atoms with van der Waals surface area (Å²) in [7, 11) is 0. The van der Waals surface area contributed by atoms with E-state index in [2.05, 4.69) is 79.7 Å². The Bertz CT molecular complexity index is 1230. The van der Waals surface area contributed by atoms with Crippen LogP contribution in [-0.2, 0) is 13.0 Å². The number of rotatable bonds is 15. The van der Waals surface area contributed by atoms with Crippen molar-refractivity contribution in [2.75, 3.05) is 0 Å². The Balaban J connectivity index is 1.42. The zero-order chi connectivity index (χ0) is 26.6. The molecule has 1 unspecified atom stereocenters. The van der Waals surface area contributed by atoms with Crippen LogP contribution >= 0.6 is 0 Å². The summed E-state index contributed by atoms with van der Waals surface area (Å²) in [6.45, 7) is 4.97. The third-order valence-corrected chi connectivity index (χ3v) is 7.57. The lowest BCUT2D eigenvalue weighted by Crippen LogP contribution is -2.08. The van der Waals surface area contributed by atoms with Gasteiger partial charge in [0.25, 0.3) is 5.89 Å². The van der Waals surface area contributed by atoms with Gasteiger partial charge in [0.1, 0.15) is 0 Å². The highest BCUT2D eigenvalue weighted by Gasteiger charge is 2.21. The van der Waals surface area contributed by atoms with Crippen molar-refractivity contribution in [3.63, 3.8) is 0 Å². The molecule has 0 spiro atoms. The van der Waals surface area contributed by atoms with E-state index in [1.54, 1.807) is 0 Å². The van der Waals surface area contributed by atoms with Crippen molar-refractivity contribution in [2.24, 2.45) is 5.73 Å². The van der Waals surface area contributed by atoms with Gasteiger partial charge in [-0.05, 0) is 40.3 Å². The number of nitrogens with zero attached hydrogens (tertiary/aromatic N) is 2. The lowest BCUT2D eigenvalue weighted by Gasteiger charge is -2.19. The molecule has 0 aliphatic rings. The molecule has 1 atom stereocenters. The Morgan fingerprint density at radius 1 is 0.737 bits per heavy atom. The number of unbranched alkanes of at least 4 members (excludes halogenated alkanes) is 8. The Morgan fingerprint density at radius 3 is 2.08 bits per heavy atom. The standard InChI is InChI=1S/C34H43N3O/c1-3-4-5-6-7-8-9-10-14-20-32-36-34(38-37-32)31-19-15-18-30(25-35)33(31)26(2)27-21-23-29(24-22-27)28-16-12-11-13-17-28/h11-13,15-19,21-24,26H,3-10,14,20,25,35H2,1-2H3. The lowest BCUT2D eigenvalue weighted by atomic mass is 9.85. The van der Waals surface area contributed by atoms with Crippen molar-refractivity contribution in [1.82, 2.24) is 10.1 Å². The molecule has 0 saturated heterocycles. The second kappa shape index (κ2) is 14.6. The first-order valence-electron chi connectivity index (χ1n) is 14.5. The van der Waals surface area contributed by atoms with Gasteiger partial charge in [0.15, 0.2) is 5.82 Å². The molecule has 38 heavy (non-hydrogen) atoms. The Kier molecular flexibility index (Phi) is 10.7. The van der Waals surface area contributed by atoms with Crippen LogP contribution in [0.2, 0.25) is 0 Å². The minimum atomic E-state index is 0.141.